The van der Waals surface area contributed by atoms with Crippen LogP contribution in [0.1, 0.15) is 5.56 Å². The summed E-state index contributed by atoms with van der Waals surface area (Å²) >= 11 is 0. The van der Waals surface area contributed by atoms with E-state index in [4.69, 9.17) is 4.74 Å². The molecule has 0 fully saturated rings. The second kappa shape index (κ2) is 6.47. The van der Waals surface area contributed by atoms with E-state index in [0.717, 1.165) is 17.7 Å². The number of nitrogens with zero attached hydrogens (tertiary/aromatic N) is 3. The predicted molar refractivity (Wildman–Crippen MR) is 81.0 cm³/mol. The summed E-state index contributed by atoms with van der Waals surface area (Å²) in [6.07, 6.45) is 2.27. The Hall–Kier alpha value is -2.90. The number of para-hydroxylation sites is 1. The maximum Gasteiger partial charge on any atom is 0.389 e. The van der Waals surface area contributed by atoms with Gasteiger partial charge in [0.05, 0.1) is 24.0 Å². The van der Waals surface area contributed by atoms with E-state index in [2.05, 4.69) is 10.4 Å². The van der Waals surface area contributed by atoms with Crippen molar-refractivity contribution in [2.24, 2.45) is 5.92 Å². The first-order chi connectivity index (χ1) is 11.1. The van der Waals surface area contributed by atoms with Gasteiger partial charge in [0.1, 0.15) is 12.3 Å². The number of aromatic nitrogens is 2. The van der Waals surface area contributed by atoms with E-state index >= 15 is 0 Å². The average molecular weight is 316 g/mol. The van der Waals surface area contributed by atoms with Gasteiger partial charge in [-0.25, -0.2) is 0 Å². The fourth-order valence-corrected chi connectivity index (χ4v) is 2.52. The minimum atomic E-state index is -0.592. The summed E-state index contributed by atoms with van der Waals surface area (Å²) in [5.41, 5.74) is 1.14. The third kappa shape index (κ3) is 3.65. The molecular formula is C15H16N4O4. The van der Waals surface area contributed by atoms with E-state index in [9.17, 15) is 14.9 Å². The average Bonchev–Trinajstić information content (AvgIpc) is 3.01. The third-order valence-corrected chi connectivity index (χ3v) is 3.66. The lowest BCUT2D eigenvalue weighted by atomic mass is 9.97. The molecule has 23 heavy (non-hydrogen) atoms. The van der Waals surface area contributed by atoms with E-state index in [1.807, 2.05) is 24.3 Å². The van der Waals surface area contributed by atoms with E-state index in [1.54, 1.807) is 0 Å². The van der Waals surface area contributed by atoms with E-state index < -0.39 is 4.92 Å². The molecule has 120 valence electrons. The Balaban J connectivity index is 1.49. The number of hydrogen-bond donors (Lipinski definition) is 1. The molecule has 1 aromatic carbocycles. The Labute approximate surface area is 132 Å². The fourth-order valence-electron chi connectivity index (χ4n) is 2.52. The van der Waals surface area contributed by atoms with Crippen molar-refractivity contribution < 1.29 is 14.5 Å². The minimum Gasteiger partial charge on any atom is -0.493 e. The maximum atomic E-state index is 11.9. The molecule has 0 saturated heterocycles. The number of carbonyl (C=O) groups is 1. The largest absolute Gasteiger partial charge is 0.493 e. The summed E-state index contributed by atoms with van der Waals surface area (Å²) in [5, 5.41) is 17.1. The van der Waals surface area contributed by atoms with E-state index in [1.165, 1.54) is 16.9 Å². The second-order valence-corrected chi connectivity index (χ2v) is 5.42. The van der Waals surface area contributed by atoms with Crippen LogP contribution in [0, 0.1) is 16.0 Å². The Bertz CT molecular complexity index is 728. The summed E-state index contributed by atoms with van der Waals surface area (Å²) in [5.74, 6) is 0.608. The molecule has 0 spiro atoms. The zero-order chi connectivity index (χ0) is 16.2. The van der Waals surface area contributed by atoms with Gasteiger partial charge in [-0.3, -0.25) is 4.79 Å². The van der Waals surface area contributed by atoms with Crippen LogP contribution in [0.5, 0.6) is 5.75 Å². The second-order valence-electron chi connectivity index (χ2n) is 5.42. The first-order valence-corrected chi connectivity index (χ1v) is 7.27. The molecule has 0 saturated carbocycles. The van der Waals surface area contributed by atoms with Crippen molar-refractivity contribution in [1.29, 1.82) is 0 Å². The lowest BCUT2D eigenvalue weighted by Crippen LogP contribution is -2.36. The molecule has 8 heteroatoms. The zero-order valence-electron chi connectivity index (χ0n) is 12.3. The summed E-state index contributed by atoms with van der Waals surface area (Å²) < 4.78 is 6.92. The molecule has 2 aromatic rings. The molecule has 1 aliphatic heterocycles. The van der Waals surface area contributed by atoms with Crippen molar-refractivity contribution in [2.45, 2.75) is 13.0 Å². The van der Waals surface area contributed by atoms with Crippen molar-refractivity contribution in [2.75, 3.05) is 13.2 Å². The SMILES string of the molecule is O=C(Cn1ccc([N+](=O)[O-])n1)NCC1COc2ccccc2C1. The molecule has 1 unspecified atom stereocenters. The number of hydrogen-bond acceptors (Lipinski definition) is 5. The van der Waals surface area contributed by atoms with Crippen LogP contribution in [0.25, 0.3) is 0 Å². The standard InChI is InChI=1S/C15H16N4O4/c20-15(9-18-6-5-14(17-18)19(21)22)16-8-11-7-12-3-1-2-4-13(12)23-10-11/h1-6,11H,7-10H2,(H,16,20). The first kappa shape index (κ1) is 15.0. The number of rotatable bonds is 5. The van der Waals surface area contributed by atoms with Crippen LogP contribution in [-0.4, -0.2) is 33.8 Å². The number of amides is 1. The Morgan fingerprint density at radius 1 is 1.43 bits per heavy atom. The molecule has 3 rings (SSSR count). The van der Waals surface area contributed by atoms with E-state index in [-0.39, 0.29) is 24.2 Å². The number of benzene rings is 1. The number of ether oxygens (including phenoxy) is 1. The van der Waals surface area contributed by atoms with Gasteiger partial charge in [-0.1, -0.05) is 18.2 Å². The van der Waals surface area contributed by atoms with Gasteiger partial charge in [0, 0.05) is 12.5 Å². The van der Waals surface area contributed by atoms with Gasteiger partial charge < -0.3 is 20.2 Å². The van der Waals surface area contributed by atoms with Crippen LogP contribution in [0.2, 0.25) is 0 Å². The monoisotopic (exact) mass is 316 g/mol. The molecule has 1 atom stereocenters. The lowest BCUT2D eigenvalue weighted by Gasteiger charge is -2.25. The normalized spacial score (nSPS) is 16.3. The molecule has 0 radical (unpaired) electrons. The van der Waals surface area contributed by atoms with Gasteiger partial charge in [0.2, 0.25) is 5.91 Å². The van der Waals surface area contributed by atoms with Crippen molar-refractivity contribution in [3.63, 3.8) is 0 Å². The Morgan fingerprint density at radius 2 is 2.26 bits per heavy atom. The number of carbonyl (C=O) groups excluding carboxylic acids is 1. The van der Waals surface area contributed by atoms with Gasteiger partial charge in [-0.2, -0.15) is 4.68 Å². The molecular weight excluding hydrogens is 300 g/mol. The molecule has 8 nitrogen and oxygen atoms in total. The van der Waals surface area contributed by atoms with Crippen molar-refractivity contribution >= 4 is 11.7 Å². The van der Waals surface area contributed by atoms with Crippen LogP contribution < -0.4 is 10.1 Å². The van der Waals surface area contributed by atoms with Crippen LogP contribution in [0.15, 0.2) is 36.5 Å². The lowest BCUT2D eigenvalue weighted by molar-refractivity contribution is -0.389. The molecule has 0 aliphatic carbocycles. The predicted octanol–water partition coefficient (Wildman–Crippen LogP) is 1.16. The van der Waals surface area contributed by atoms with Gasteiger partial charge >= 0.3 is 5.82 Å². The highest BCUT2D eigenvalue weighted by Crippen LogP contribution is 2.26. The molecule has 1 aromatic heterocycles. The summed E-state index contributed by atoms with van der Waals surface area (Å²) in [6.45, 7) is 1.01. The molecule has 2 heterocycles. The quantitative estimate of drug-likeness (QED) is 0.659. The van der Waals surface area contributed by atoms with Crippen molar-refractivity contribution in [1.82, 2.24) is 15.1 Å². The van der Waals surface area contributed by atoms with Gasteiger partial charge in [0.15, 0.2) is 0 Å². The first-order valence-electron chi connectivity index (χ1n) is 7.27. The maximum absolute atomic E-state index is 11.9. The summed E-state index contributed by atoms with van der Waals surface area (Å²) in [4.78, 5) is 21.9. The van der Waals surface area contributed by atoms with Crippen LogP contribution in [0.4, 0.5) is 5.82 Å². The van der Waals surface area contributed by atoms with Crippen LogP contribution in [-0.2, 0) is 17.8 Å². The topological polar surface area (TPSA) is 99.3 Å². The summed E-state index contributed by atoms with van der Waals surface area (Å²) in [7, 11) is 0. The van der Waals surface area contributed by atoms with Gasteiger partial charge in [-0.05, 0) is 23.0 Å². The van der Waals surface area contributed by atoms with Gasteiger partial charge in [-0.15, -0.1) is 0 Å². The van der Waals surface area contributed by atoms with Crippen molar-refractivity contribution in [3.8, 4) is 5.75 Å². The van der Waals surface area contributed by atoms with Crippen LogP contribution in [0.3, 0.4) is 0 Å². The Morgan fingerprint density at radius 3 is 3.04 bits per heavy atom. The highest BCUT2D eigenvalue weighted by molar-refractivity contribution is 5.75. The fraction of sp³-hybridized carbons (Fsp3) is 0.333. The molecule has 1 amide bonds. The highest BCUT2D eigenvalue weighted by atomic mass is 16.6. The minimum absolute atomic E-state index is 0.0436. The summed E-state index contributed by atoms with van der Waals surface area (Å²) in [6, 6.07) is 9.12. The van der Waals surface area contributed by atoms with Crippen molar-refractivity contribution in [3.05, 3.63) is 52.2 Å². The van der Waals surface area contributed by atoms with Gasteiger partial charge in [0.25, 0.3) is 0 Å². The molecule has 1 N–H and O–H groups in total. The molecule has 0 bridgehead atoms. The number of nitro groups is 1. The van der Waals surface area contributed by atoms with E-state index in [0.29, 0.717) is 13.2 Å². The number of nitrogens with one attached hydrogen (secondary N) is 1. The van der Waals surface area contributed by atoms with Crippen LogP contribution >= 0.6 is 0 Å². The number of fused-ring (bicyclic) bond motifs is 1. The highest BCUT2D eigenvalue weighted by Gasteiger charge is 2.20. The Kier molecular flexibility index (Phi) is 4.22. The molecule has 1 aliphatic rings. The zero-order valence-corrected chi connectivity index (χ0v) is 12.3. The third-order valence-electron chi connectivity index (χ3n) is 3.66. The smallest absolute Gasteiger partial charge is 0.389 e.